The van der Waals surface area contributed by atoms with Gasteiger partial charge < -0.3 is 4.90 Å². The Morgan fingerprint density at radius 2 is 1.73 bits per heavy atom. The second-order valence-corrected chi connectivity index (χ2v) is 4.84. The molecule has 0 saturated carbocycles. The number of hydrogen-bond acceptors (Lipinski definition) is 2. The fourth-order valence-corrected chi connectivity index (χ4v) is 2.18. The van der Waals surface area contributed by atoms with E-state index in [0.717, 1.165) is 17.2 Å². The summed E-state index contributed by atoms with van der Waals surface area (Å²) in [5.74, 6) is 0.779. The Balaban J connectivity index is 0.00000176. The van der Waals surface area contributed by atoms with Gasteiger partial charge in [0.1, 0.15) is 5.82 Å². The number of para-hydroxylation sites is 1. The zero-order valence-electron chi connectivity index (χ0n) is 12.2. The molecular weight excluding hydrogens is 448 g/mol. The van der Waals surface area contributed by atoms with Crippen molar-refractivity contribution in [1.29, 1.82) is 0 Å². The van der Waals surface area contributed by atoms with Crippen molar-refractivity contribution in [1.82, 2.24) is 4.98 Å². The van der Waals surface area contributed by atoms with E-state index in [4.69, 9.17) is 6.92 Å². The predicted molar refractivity (Wildman–Crippen MR) is 85.9 cm³/mol. The Morgan fingerprint density at radius 3 is 2.36 bits per heavy atom. The Morgan fingerprint density at radius 1 is 0.955 bits per heavy atom. The standard InChI is InChI=1S/C19H15N2.Ir/c1-15-11-13-18(14-12-15)21(17-8-4-3-5-9-17)19-10-6-7-16(2)20-19;/h2-8,10-14H,1H3;/q-1;. The third kappa shape index (κ3) is 3.62. The van der Waals surface area contributed by atoms with E-state index in [1.54, 1.807) is 6.07 Å². The molecule has 0 aliphatic heterocycles. The molecule has 2 aromatic carbocycles. The van der Waals surface area contributed by atoms with Gasteiger partial charge in [0.2, 0.25) is 0 Å². The number of hydrogen-bond donors (Lipinski definition) is 0. The van der Waals surface area contributed by atoms with E-state index in [1.807, 2.05) is 41.3 Å². The monoisotopic (exact) mass is 464 g/mol. The number of pyridine rings is 1. The van der Waals surface area contributed by atoms with E-state index in [-0.39, 0.29) is 20.1 Å². The van der Waals surface area contributed by atoms with Crippen LogP contribution in [0.3, 0.4) is 0 Å². The quantitative estimate of drug-likeness (QED) is 0.523. The molecule has 2 nitrogen and oxygen atoms in total. The van der Waals surface area contributed by atoms with Crippen molar-refractivity contribution < 1.29 is 20.1 Å². The van der Waals surface area contributed by atoms with Gasteiger partial charge in [-0.3, -0.25) is 0 Å². The van der Waals surface area contributed by atoms with E-state index in [2.05, 4.69) is 42.2 Å². The zero-order chi connectivity index (χ0) is 14.7. The molecule has 0 fully saturated rings. The summed E-state index contributed by atoms with van der Waals surface area (Å²) < 4.78 is 0. The Hall–Kier alpha value is -1.96. The van der Waals surface area contributed by atoms with Crippen LogP contribution in [0.4, 0.5) is 17.2 Å². The summed E-state index contributed by atoms with van der Waals surface area (Å²) in [7, 11) is 0. The molecule has 0 N–H and O–H groups in total. The van der Waals surface area contributed by atoms with Crippen molar-refractivity contribution in [3.8, 4) is 0 Å². The number of benzene rings is 2. The van der Waals surface area contributed by atoms with Gasteiger partial charge in [-0.1, -0.05) is 29.4 Å². The Bertz CT molecular complexity index is 724. The van der Waals surface area contributed by atoms with Gasteiger partial charge in [-0.25, -0.2) is 4.98 Å². The van der Waals surface area contributed by atoms with Gasteiger partial charge >= 0.3 is 0 Å². The molecule has 0 spiro atoms. The molecule has 3 heteroatoms. The summed E-state index contributed by atoms with van der Waals surface area (Å²) in [6, 6.07) is 25.0. The molecule has 0 unspecified atom stereocenters. The molecule has 22 heavy (non-hydrogen) atoms. The first-order valence-corrected chi connectivity index (χ1v) is 6.80. The Kier molecular flexibility index (Phi) is 5.48. The van der Waals surface area contributed by atoms with Crippen LogP contribution in [-0.4, -0.2) is 4.98 Å². The number of anilines is 3. The number of nitrogens with zero attached hydrogens (tertiary/aromatic N) is 2. The molecule has 3 radical (unpaired) electrons. The van der Waals surface area contributed by atoms with Crippen LogP contribution >= 0.6 is 0 Å². The predicted octanol–water partition coefficient (Wildman–Crippen LogP) is 4.72. The Labute approximate surface area is 145 Å². The topological polar surface area (TPSA) is 16.1 Å². The molecule has 0 saturated heterocycles. The van der Waals surface area contributed by atoms with Crippen LogP contribution in [0.15, 0.2) is 66.7 Å². The molecule has 0 atom stereocenters. The first-order chi connectivity index (χ1) is 10.2. The molecule has 0 aliphatic rings. The maximum absolute atomic E-state index is 5.83. The molecule has 1 aromatic heterocycles. The van der Waals surface area contributed by atoms with Crippen LogP contribution in [0.2, 0.25) is 0 Å². The fraction of sp³-hybridized carbons (Fsp3) is 0.0526. The second-order valence-electron chi connectivity index (χ2n) is 4.84. The average molecular weight is 464 g/mol. The molecule has 0 bridgehead atoms. The van der Waals surface area contributed by atoms with Crippen molar-refractivity contribution in [2.75, 3.05) is 4.90 Å². The van der Waals surface area contributed by atoms with Crippen molar-refractivity contribution in [2.24, 2.45) is 0 Å². The van der Waals surface area contributed by atoms with Crippen molar-refractivity contribution in [3.05, 3.63) is 91.0 Å². The van der Waals surface area contributed by atoms with Gasteiger partial charge in [0.15, 0.2) is 0 Å². The molecule has 3 aromatic rings. The molecular formula is C19H15IrN2-. The van der Waals surface area contributed by atoms with Crippen molar-refractivity contribution >= 4 is 17.2 Å². The SMILES string of the molecule is [CH]c1cccc(N(c2[c-]cccc2)c2ccc(C)cc2)n1.[Ir]. The smallest absolute Gasteiger partial charge is 0.135 e. The van der Waals surface area contributed by atoms with E-state index < -0.39 is 0 Å². The molecule has 0 aliphatic carbocycles. The molecule has 111 valence electrons. The number of rotatable bonds is 3. The van der Waals surface area contributed by atoms with Gasteiger partial charge in [-0.05, 0) is 31.2 Å². The van der Waals surface area contributed by atoms with Crippen molar-refractivity contribution in [2.45, 2.75) is 6.92 Å². The minimum Gasteiger partial charge on any atom is -0.319 e. The second kappa shape index (κ2) is 7.35. The summed E-state index contributed by atoms with van der Waals surface area (Å²) in [6.45, 7) is 7.90. The minimum absolute atomic E-state index is 0. The van der Waals surface area contributed by atoms with Crippen LogP contribution in [0, 0.1) is 19.9 Å². The average Bonchev–Trinajstić information content (AvgIpc) is 2.51. The van der Waals surface area contributed by atoms with Crippen LogP contribution in [0.25, 0.3) is 0 Å². The summed E-state index contributed by atoms with van der Waals surface area (Å²) in [5, 5.41) is 0. The van der Waals surface area contributed by atoms with E-state index in [0.29, 0.717) is 5.69 Å². The molecule has 3 rings (SSSR count). The summed E-state index contributed by atoms with van der Waals surface area (Å²) in [4.78, 5) is 6.47. The normalized spacial score (nSPS) is 9.91. The zero-order valence-corrected chi connectivity index (χ0v) is 14.6. The van der Waals surface area contributed by atoms with E-state index in [1.165, 1.54) is 5.56 Å². The maximum atomic E-state index is 5.83. The molecule has 1 heterocycles. The first-order valence-electron chi connectivity index (χ1n) is 6.80. The van der Waals surface area contributed by atoms with Crippen LogP contribution in [-0.2, 0) is 20.1 Å². The van der Waals surface area contributed by atoms with Gasteiger partial charge in [-0.15, -0.1) is 6.07 Å². The molecule has 0 amide bonds. The third-order valence-corrected chi connectivity index (χ3v) is 3.21. The largest absolute Gasteiger partial charge is 0.319 e. The summed E-state index contributed by atoms with van der Waals surface area (Å²) >= 11 is 0. The minimum atomic E-state index is 0. The third-order valence-electron chi connectivity index (χ3n) is 3.21. The van der Waals surface area contributed by atoms with Crippen LogP contribution in [0.1, 0.15) is 11.3 Å². The fourth-order valence-electron chi connectivity index (χ4n) is 2.18. The van der Waals surface area contributed by atoms with E-state index in [9.17, 15) is 0 Å². The maximum Gasteiger partial charge on any atom is 0.135 e. The number of aromatic nitrogens is 1. The van der Waals surface area contributed by atoms with Crippen LogP contribution in [0.5, 0.6) is 0 Å². The van der Waals surface area contributed by atoms with Crippen LogP contribution < -0.4 is 4.90 Å². The number of aryl methyl sites for hydroxylation is 1. The summed E-state index contributed by atoms with van der Waals surface area (Å²) in [6.07, 6.45) is 0. The summed E-state index contributed by atoms with van der Waals surface area (Å²) in [5.41, 5.74) is 3.68. The van der Waals surface area contributed by atoms with Crippen molar-refractivity contribution in [3.63, 3.8) is 0 Å². The van der Waals surface area contributed by atoms with Gasteiger partial charge in [0, 0.05) is 38.4 Å². The van der Waals surface area contributed by atoms with Gasteiger partial charge in [0.05, 0.1) is 0 Å². The first kappa shape index (κ1) is 16.4. The van der Waals surface area contributed by atoms with E-state index >= 15 is 0 Å². The van der Waals surface area contributed by atoms with Gasteiger partial charge in [-0.2, -0.15) is 24.3 Å². The van der Waals surface area contributed by atoms with Gasteiger partial charge in [0.25, 0.3) is 0 Å².